The Morgan fingerprint density at radius 3 is 2.21 bits per heavy atom. The lowest BCUT2D eigenvalue weighted by Crippen LogP contribution is -2.54. The molecule has 3 heteroatoms. The van der Waals surface area contributed by atoms with Crippen LogP contribution in [-0.2, 0) is 4.79 Å². The molecule has 0 aliphatic heterocycles. The average Bonchev–Trinajstić information content (AvgIpc) is 2.34. The van der Waals surface area contributed by atoms with E-state index in [0.29, 0.717) is 17.7 Å². The van der Waals surface area contributed by atoms with E-state index in [1.54, 1.807) is 0 Å². The maximum Gasteiger partial charge on any atom is 0.226 e. The van der Waals surface area contributed by atoms with Gasteiger partial charge in [0.2, 0.25) is 5.91 Å². The van der Waals surface area contributed by atoms with Crippen molar-refractivity contribution in [1.29, 1.82) is 0 Å². The first kappa shape index (κ1) is 13.7. The van der Waals surface area contributed by atoms with E-state index in [2.05, 4.69) is 12.2 Å². The standard InChI is InChI=1S/C16H26ClNO/c1-11(2-3-17)10-18-15(19)16-7-12-4-13(8-16)6-14(5-12)9-16/h11-14H,2-10H2,1H3,(H,18,19). The molecule has 1 atom stereocenters. The Morgan fingerprint density at radius 1 is 1.21 bits per heavy atom. The quantitative estimate of drug-likeness (QED) is 0.768. The zero-order valence-electron chi connectivity index (χ0n) is 12.0. The lowest BCUT2D eigenvalue weighted by Gasteiger charge is -2.55. The largest absolute Gasteiger partial charge is 0.355 e. The summed E-state index contributed by atoms with van der Waals surface area (Å²) in [5, 5.41) is 3.23. The van der Waals surface area contributed by atoms with Crippen molar-refractivity contribution < 1.29 is 4.79 Å². The van der Waals surface area contributed by atoms with E-state index in [1.165, 1.54) is 19.3 Å². The summed E-state index contributed by atoms with van der Waals surface area (Å²) in [6.07, 6.45) is 8.67. The van der Waals surface area contributed by atoms with Crippen molar-refractivity contribution in [3.05, 3.63) is 0 Å². The third kappa shape index (κ3) is 2.66. The minimum absolute atomic E-state index is 0.00936. The van der Waals surface area contributed by atoms with Crippen molar-refractivity contribution in [3.8, 4) is 0 Å². The molecule has 4 saturated carbocycles. The molecule has 2 nitrogen and oxygen atoms in total. The second-order valence-electron chi connectivity index (χ2n) is 7.49. The van der Waals surface area contributed by atoms with Crippen LogP contribution < -0.4 is 5.32 Å². The molecule has 4 aliphatic carbocycles. The molecule has 4 aliphatic rings. The van der Waals surface area contributed by atoms with Gasteiger partial charge in [-0.05, 0) is 68.6 Å². The maximum atomic E-state index is 12.7. The van der Waals surface area contributed by atoms with Crippen molar-refractivity contribution in [2.24, 2.45) is 29.1 Å². The van der Waals surface area contributed by atoms with Crippen LogP contribution in [0.3, 0.4) is 0 Å². The fraction of sp³-hybridized carbons (Fsp3) is 0.938. The topological polar surface area (TPSA) is 29.1 Å². The molecular weight excluding hydrogens is 258 g/mol. The van der Waals surface area contributed by atoms with E-state index < -0.39 is 0 Å². The molecule has 0 aromatic rings. The minimum atomic E-state index is 0.00936. The van der Waals surface area contributed by atoms with Gasteiger partial charge in [-0.15, -0.1) is 11.6 Å². The van der Waals surface area contributed by atoms with Gasteiger partial charge in [-0.1, -0.05) is 6.92 Å². The lowest BCUT2D eigenvalue weighted by atomic mass is 9.49. The van der Waals surface area contributed by atoms with Crippen LogP contribution in [0.25, 0.3) is 0 Å². The summed E-state index contributed by atoms with van der Waals surface area (Å²) in [4.78, 5) is 12.7. The highest BCUT2D eigenvalue weighted by Gasteiger charge is 2.54. The number of nitrogens with one attached hydrogen (secondary N) is 1. The Balaban J connectivity index is 1.60. The summed E-state index contributed by atoms with van der Waals surface area (Å²) < 4.78 is 0. The van der Waals surface area contributed by atoms with Crippen LogP contribution in [0, 0.1) is 29.1 Å². The van der Waals surface area contributed by atoms with Crippen LogP contribution in [-0.4, -0.2) is 18.3 Å². The number of hydrogen-bond donors (Lipinski definition) is 1. The summed E-state index contributed by atoms with van der Waals surface area (Å²) in [6, 6.07) is 0. The molecule has 108 valence electrons. The molecule has 0 radical (unpaired) electrons. The van der Waals surface area contributed by atoms with Crippen LogP contribution in [0.2, 0.25) is 0 Å². The summed E-state index contributed by atoms with van der Waals surface area (Å²) in [5.74, 6) is 4.07. The van der Waals surface area contributed by atoms with Gasteiger partial charge >= 0.3 is 0 Å². The van der Waals surface area contributed by atoms with E-state index in [4.69, 9.17) is 11.6 Å². The van der Waals surface area contributed by atoms with Crippen molar-refractivity contribution in [2.75, 3.05) is 12.4 Å². The van der Waals surface area contributed by atoms with Crippen molar-refractivity contribution in [1.82, 2.24) is 5.32 Å². The zero-order valence-corrected chi connectivity index (χ0v) is 12.7. The fourth-order valence-electron chi connectivity index (χ4n) is 5.13. The first-order chi connectivity index (χ1) is 9.11. The normalized spacial score (nSPS) is 41.3. The first-order valence-corrected chi connectivity index (χ1v) is 8.49. The van der Waals surface area contributed by atoms with E-state index >= 15 is 0 Å². The van der Waals surface area contributed by atoms with Crippen molar-refractivity contribution in [2.45, 2.75) is 51.9 Å². The molecule has 0 aromatic heterocycles. The van der Waals surface area contributed by atoms with Crippen LogP contribution in [0.4, 0.5) is 0 Å². The molecular formula is C16H26ClNO. The Morgan fingerprint density at radius 2 is 1.74 bits per heavy atom. The Labute approximate surface area is 121 Å². The van der Waals surface area contributed by atoms with Gasteiger partial charge in [0, 0.05) is 17.8 Å². The van der Waals surface area contributed by atoms with Gasteiger partial charge in [-0.2, -0.15) is 0 Å². The van der Waals surface area contributed by atoms with Crippen LogP contribution >= 0.6 is 11.6 Å². The molecule has 19 heavy (non-hydrogen) atoms. The number of amides is 1. The number of hydrogen-bond acceptors (Lipinski definition) is 1. The summed E-state index contributed by atoms with van der Waals surface area (Å²) >= 11 is 5.76. The molecule has 4 fully saturated rings. The van der Waals surface area contributed by atoms with E-state index in [9.17, 15) is 4.79 Å². The predicted molar refractivity (Wildman–Crippen MR) is 78.1 cm³/mol. The molecule has 4 rings (SSSR count). The van der Waals surface area contributed by atoms with Gasteiger partial charge in [-0.3, -0.25) is 4.79 Å². The number of carbonyl (C=O) groups is 1. The Hall–Kier alpha value is -0.240. The molecule has 0 spiro atoms. The zero-order chi connectivity index (χ0) is 13.5. The highest BCUT2D eigenvalue weighted by Crippen LogP contribution is 2.60. The Bertz CT molecular complexity index is 319. The highest BCUT2D eigenvalue weighted by atomic mass is 35.5. The van der Waals surface area contributed by atoms with Crippen molar-refractivity contribution in [3.63, 3.8) is 0 Å². The number of alkyl halides is 1. The third-order valence-corrected chi connectivity index (χ3v) is 5.95. The third-order valence-electron chi connectivity index (χ3n) is 5.73. The van der Waals surface area contributed by atoms with Gasteiger partial charge in [0.1, 0.15) is 0 Å². The minimum Gasteiger partial charge on any atom is -0.355 e. The monoisotopic (exact) mass is 283 g/mol. The molecule has 1 unspecified atom stereocenters. The fourth-order valence-corrected chi connectivity index (χ4v) is 5.50. The number of rotatable bonds is 5. The average molecular weight is 284 g/mol. The first-order valence-electron chi connectivity index (χ1n) is 7.95. The molecule has 0 saturated heterocycles. The smallest absolute Gasteiger partial charge is 0.226 e. The maximum absolute atomic E-state index is 12.7. The van der Waals surface area contributed by atoms with E-state index in [1.807, 2.05) is 0 Å². The highest BCUT2D eigenvalue weighted by molar-refractivity contribution is 6.17. The summed E-state index contributed by atoms with van der Waals surface area (Å²) in [6.45, 7) is 2.97. The van der Waals surface area contributed by atoms with Gasteiger partial charge in [0.15, 0.2) is 0 Å². The summed E-state index contributed by atoms with van der Waals surface area (Å²) in [5.41, 5.74) is 0.00936. The van der Waals surface area contributed by atoms with Crippen LogP contribution in [0.5, 0.6) is 0 Å². The second-order valence-corrected chi connectivity index (χ2v) is 7.87. The number of carbonyl (C=O) groups excluding carboxylic acids is 1. The van der Waals surface area contributed by atoms with Gasteiger partial charge in [0.05, 0.1) is 0 Å². The number of halogens is 1. The van der Waals surface area contributed by atoms with Crippen molar-refractivity contribution >= 4 is 17.5 Å². The second kappa shape index (κ2) is 5.27. The molecule has 1 N–H and O–H groups in total. The van der Waals surface area contributed by atoms with E-state index in [-0.39, 0.29) is 5.41 Å². The SMILES string of the molecule is CC(CCCl)CNC(=O)C12CC3CC(CC(C3)C1)C2. The van der Waals surface area contributed by atoms with Crippen LogP contribution in [0.15, 0.2) is 0 Å². The van der Waals surface area contributed by atoms with Gasteiger partial charge in [-0.25, -0.2) is 0 Å². The van der Waals surface area contributed by atoms with Gasteiger partial charge < -0.3 is 5.32 Å². The van der Waals surface area contributed by atoms with Gasteiger partial charge in [0.25, 0.3) is 0 Å². The lowest BCUT2D eigenvalue weighted by molar-refractivity contribution is -0.146. The summed E-state index contributed by atoms with van der Waals surface area (Å²) in [7, 11) is 0. The molecule has 0 aromatic carbocycles. The molecule has 4 bridgehead atoms. The van der Waals surface area contributed by atoms with Crippen LogP contribution in [0.1, 0.15) is 51.9 Å². The Kier molecular flexibility index (Phi) is 3.81. The van der Waals surface area contributed by atoms with E-state index in [0.717, 1.165) is 50.0 Å². The predicted octanol–water partition coefficient (Wildman–Crippen LogP) is 3.58. The molecule has 0 heterocycles. The molecule has 1 amide bonds.